The molecule has 3 rings (SSSR count). The van der Waals surface area contributed by atoms with Gasteiger partial charge >= 0.3 is 18.2 Å². The SMILES string of the molecule is CCN(C(=O)OC(C)C)C(=O)[C@H](Cc1cccc(C=NN)c1)Nc1ccc(-c2ccccc2C#N)cc1.O=C(O)C(F)(F)F. The fourth-order valence-corrected chi connectivity index (χ4v) is 3.93. The molecule has 0 saturated heterocycles. The quantitative estimate of drug-likeness (QED) is 0.161. The summed E-state index contributed by atoms with van der Waals surface area (Å²) in [6, 6.07) is 23.8. The van der Waals surface area contributed by atoms with Crippen molar-refractivity contribution in [2.45, 2.75) is 45.5 Å². The number of carboxylic acids is 1. The molecule has 3 aromatic rings. The van der Waals surface area contributed by atoms with Crippen LogP contribution in [0.2, 0.25) is 0 Å². The number of amides is 2. The zero-order valence-corrected chi connectivity index (χ0v) is 24.2. The minimum atomic E-state index is -5.08. The third-order valence-corrected chi connectivity index (χ3v) is 5.88. The highest BCUT2D eigenvalue weighted by Crippen LogP contribution is 2.25. The number of nitrogens with one attached hydrogen (secondary N) is 1. The normalized spacial score (nSPS) is 11.6. The van der Waals surface area contributed by atoms with Crippen LogP contribution in [-0.4, -0.2) is 59.1 Å². The summed E-state index contributed by atoms with van der Waals surface area (Å²) in [4.78, 5) is 36.2. The van der Waals surface area contributed by atoms with Crippen LogP contribution in [-0.2, 0) is 20.7 Å². The smallest absolute Gasteiger partial charge is 0.475 e. The van der Waals surface area contributed by atoms with Gasteiger partial charge < -0.3 is 21.0 Å². The summed E-state index contributed by atoms with van der Waals surface area (Å²) in [5, 5.41) is 23.4. The molecule has 0 aliphatic carbocycles. The molecule has 0 fully saturated rings. The van der Waals surface area contributed by atoms with E-state index < -0.39 is 30.2 Å². The van der Waals surface area contributed by atoms with Crippen LogP contribution >= 0.6 is 0 Å². The van der Waals surface area contributed by atoms with Crippen LogP contribution in [0.15, 0.2) is 77.9 Å². The fourth-order valence-electron chi connectivity index (χ4n) is 3.93. The largest absolute Gasteiger partial charge is 0.490 e. The van der Waals surface area contributed by atoms with E-state index in [1.165, 1.54) is 6.21 Å². The summed E-state index contributed by atoms with van der Waals surface area (Å²) in [6.45, 7) is 5.38. The van der Waals surface area contributed by atoms with E-state index in [-0.39, 0.29) is 12.6 Å². The topological polar surface area (TPSA) is 158 Å². The molecule has 232 valence electrons. The number of nitrogens with zero attached hydrogens (tertiary/aromatic N) is 3. The Labute approximate surface area is 252 Å². The van der Waals surface area contributed by atoms with Crippen molar-refractivity contribution in [3.63, 3.8) is 0 Å². The monoisotopic (exact) mass is 611 g/mol. The minimum Gasteiger partial charge on any atom is -0.475 e. The number of nitriles is 1. The number of likely N-dealkylation sites (N-methyl/N-ethyl adjacent to an activating group) is 1. The number of carbonyl (C=O) groups excluding carboxylic acids is 2. The number of halogens is 3. The van der Waals surface area contributed by atoms with E-state index >= 15 is 0 Å². The van der Waals surface area contributed by atoms with Gasteiger partial charge in [-0.05, 0) is 61.2 Å². The molecule has 0 aliphatic rings. The molecule has 0 saturated carbocycles. The van der Waals surface area contributed by atoms with Crippen molar-refractivity contribution >= 4 is 29.9 Å². The summed E-state index contributed by atoms with van der Waals surface area (Å²) < 4.78 is 37.0. The maximum absolute atomic E-state index is 13.6. The van der Waals surface area contributed by atoms with Gasteiger partial charge in [-0.15, -0.1) is 0 Å². The van der Waals surface area contributed by atoms with Crippen molar-refractivity contribution in [3.8, 4) is 17.2 Å². The Bertz CT molecular complexity index is 1500. The molecule has 0 heterocycles. The first-order valence-corrected chi connectivity index (χ1v) is 13.3. The lowest BCUT2D eigenvalue weighted by atomic mass is 9.99. The average Bonchev–Trinajstić information content (AvgIpc) is 2.97. The lowest BCUT2D eigenvalue weighted by molar-refractivity contribution is -0.192. The van der Waals surface area contributed by atoms with Crippen LogP contribution in [0.4, 0.5) is 23.7 Å². The van der Waals surface area contributed by atoms with Gasteiger partial charge in [-0.1, -0.05) is 54.6 Å². The number of hydrogen-bond acceptors (Lipinski definition) is 8. The first-order chi connectivity index (χ1) is 20.8. The summed E-state index contributed by atoms with van der Waals surface area (Å²) in [5.74, 6) is 2.14. The highest BCUT2D eigenvalue weighted by Gasteiger charge is 2.38. The van der Waals surface area contributed by atoms with Gasteiger partial charge in [0.25, 0.3) is 5.91 Å². The van der Waals surface area contributed by atoms with Crippen LogP contribution < -0.4 is 11.2 Å². The number of alkyl halides is 3. The molecule has 2 amide bonds. The van der Waals surface area contributed by atoms with E-state index in [9.17, 15) is 28.0 Å². The first-order valence-electron chi connectivity index (χ1n) is 13.3. The highest BCUT2D eigenvalue weighted by atomic mass is 19.4. The molecule has 0 bridgehead atoms. The number of hydrogen-bond donors (Lipinski definition) is 3. The van der Waals surface area contributed by atoms with Crippen LogP contribution in [0.3, 0.4) is 0 Å². The number of rotatable bonds is 9. The summed E-state index contributed by atoms with van der Waals surface area (Å²) in [6.07, 6.45) is -4.27. The van der Waals surface area contributed by atoms with E-state index in [0.717, 1.165) is 27.2 Å². The van der Waals surface area contributed by atoms with Crippen molar-refractivity contribution in [1.82, 2.24) is 4.90 Å². The van der Waals surface area contributed by atoms with E-state index in [2.05, 4.69) is 16.5 Å². The van der Waals surface area contributed by atoms with Gasteiger partial charge in [-0.2, -0.15) is 23.5 Å². The fraction of sp³-hybridized carbons (Fsp3) is 0.258. The molecule has 3 aromatic carbocycles. The summed E-state index contributed by atoms with van der Waals surface area (Å²) in [5.41, 5.74) is 4.67. The number of ether oxygens (including phenoxy) is 1. The molecular formula is C31H32F3N5O5. The van der Waals surface area contributed by atoms with Gasteiger partial charge in [0, 0.05) is 18.7 Å². The molecule has 0 spiro atoms. The predicted octanol–water partition coefficient (Wildman–Crippen LogP) is 5.57. The highest BCUT2D eigenvalue weighted by molar-refractivity contribution is 5.96. The van der Waals surface area contributed by atoms with Crippen LogP contribution in [0.25, 0.3) is 11.1 Å². The number of anilines is 1. The van der Waals surface area contributed by atoms with Crippen molar-refractivity contribution in [2.24, 2.45) is 10.9 Å². The van der Waals surface area contributed by atoms with Gasteiger partial charge in [0.05, 0.1) is 24.0 Å². The number of benzene rings is 3. The molecule has 13 heteroatoms. The van der Waals surface area contributed by atoms with Crippen LogP contribution in [0, 0.1) is 11.3 Å². The maximum Gasteiger partial charge on any atom is 0.490 e. The average molecular weight is 612 g/mol. The van der Waals surface area contributed by atoms with Crippen molar-refractivity contribution in [2.75, 3.05) is 11.9 Å². The number of carbonyl (C=O) groups is 3. The molecule has 10 nitrogen and oxygen atoms in total. The van der Waals surface area contributed by atoms with Crippen molar-refractivity contribution in [3.05, 3.63) is 89.5 Å². The van der Waals surface area contributed by atoms with E-state index in [1.807, 2.05) is 66.7 Å². The summed E-state index contributed by atoms with van der Waals surface area (Å²) >= 11 is 0. The Balaban J connectivity index is 0.000000860. The van der Waals surface area contributed by atoms with Gasteiger partial charge in [0.15, 0.2) is 0 Å². The zero-order chi connectivity index (χ0) is 32.9. The third kappa shape index (κ3) is 10.5. The van der Waals surface area contributed by atoms with Gasteiger partial charge in [0.1, 0.15) is 6.04 Å². The van der Waals surface area contributed by atoms with Gasteiger partial charge in [0.2, 0.25) is 0 Å². The third-order valence-electron chi connectivity index (χ3n) is 5.88. The molecule has 0 aliphatic heterocycles. The second kappa shape index (κ2) is 16.3. The molecule has 1 atom stereocenters. The first kappa shape index (κ1) is 34.8. The van der Waals surface area contributed by atoms with E-state index in [4.69, 9.17) is 20.5 Å². The number of nitrogens with two attached hydrogens (primary N) is 1. The predicted molar refractivity (Wildman–Crippen MR) is 159 cm³/mol. The summed E-state index contributed by atoms with van der Waals surface area (Å²) in [7, 11) is 0. The molecule has 4 N–H and O–H groups in total. The van der Waals surface area contributed by atoms with Crippen molar-refractivity contribution < 1.29 is 37.4 Å². The molecule has 44 heavy (non-hydrogen) atoms. The standard InChI is InChI=1S/C29H31N5O3.C2HF3O2/c1-4-34(29(36)37-20(2)3)28(35)27(17-21-8-7-9-22(16-21)19-32-31)33-25-14-12-23(13-15-25)26-11-6-5-10-24(26)18-30;3-2(4,5)1(6)7/h5-16,19-20,27,33H,4,17,31H2,1-3H3;(H,6,7)/t27-;/m0./s1. The van der Waals surface area contributed by atoms with Gasteiger partial charge in [-0.3, -0.25) is 4.79 Å². The second-order valence-electron chi connectivity index (χ2n) is 9.48. The van der Waals surface area contributed by atoms with E-state index in [1.54, 1.807) is 26.8 Å². The lowest BCUT2D eigenvalue weighted by Gasteiger charge is -2.26. The second-order valence-corrected chi connectivity index (χ2v) is 9.48. The molecule has 0 radical (unpaired) electrons. The Morgan fingerprint density at radius 3 is 2.27 bits per heavy atom. The minimum absolute atomic E-state index is 0.173. The van der Waals surface area contributed by atoms with Crippen LogP contribution in [0.1, 0.15) is 37.5 Å². The van der Waals surface area contributed by atoms with Crippen LogP contribution in [0.5, 0.6) is 0 Å². The van der Waals surface area contributed by atoms with Gasteiger partial charge in [-0.25, -0.2) is 14.5 Å². The molecular weight excluding hydrogens is 579 g/mol. The number of carboxylic acid groups (broad SMARTS) is 1. The maximum atomic E-state index is 13.6. The Morgan fingerprint density at radius 2 is 1.73 bits per heavy atom. The Morgan fingerprint density at radius 1 is 1.09 bits per heavy atom. The molecule has 0 unspecified atom stereocenters. The number of hydrazone groups is 1. The Hall–Kier alpha value is -5.38. The number of aliphatic carboxylic acids is 1. The lowest BCUT2D eigenvalue weighted by Crippen LogP contribution is -2.47. The van der Waals surface area contributed by atoms with E-state index in [0.29, 0.717) is 17.7 Å². The number of imide groups is 1. The van der Waals surface area contributed by atoms with Crippen molar-refractivity contribution in [1.29, 1.82) is 5.26 Å². The molecule has 0 aromatic heterocycles. The zero-order valence-electron chi connectivity index (χ0n) is 24.2. The Kier molecular flexibility index (Phi) is 12.9.